The van der Waals surface area contributed by atoms with Gasteiger partial charge in [0.05, 0.1) is 12.2 Å². The van der Waals surface area contributed by atoms with Crippen molar-refractivity contribution in [3.8, 4) is 0 Å². The summed E-state index contributed by atoms with van der Waals surface area (Å²) in [5.41, 5.74) is 6.24. The molecule has 2 rings (SSSR count). The van der Waals surface area contributed by atoms with E-state index < -0.39 is 203 Å². The lowest BCUT2D eigenvalue weighted by Crippen LogP contribution is -2.63. The molecule has 11 unspecified atom stereocenters. The summed E-state index contributed by atoms with van der Waals surface area (Å²) in [5, 5.41) is 63.3. The SMILES string of the molecule is C/C=C(\NC(=O)[C@H](Cc1ccccc1)NC(=O)C(NC(=O)[C@H](NC(=O)C(NC(=O)[C@H](NC(=O)[C@H](CCCN)NC(=O)[C@H]1CCCN1C(=O)C(NC(=O)C(NC(=O)C(NC(=O)C(NC(=O)CCCC(C)C)C(C)C)C(C)O)C(C)C)C(C)C)C(C)CC)C(C)O)C(C)CC)C(C)C)C(=O)NC(C(=O)O)C(C)C. The number of aliphatic hydroxyl groups excluding tert-OH is 2. The van der Waals surface area contributed by atoms with Crippen LogP contribution in [-0.4, -0.2) is 201 Å². The van der Waals surface area contributed by atoms with Gasteiger partial charge in [-0.15, -0.1) is 0 Å². The lowest BCUT2D eigenvalue weighted by Gasteiger charge is -2.33. The van der Waals surface area contributed by atoms with Crippen LogP contribution in [0.15, 0.2) is 42.1 Å². The number of nitrogens with one attached hydrogen (secondary N) is 12. The summed E-state index contributed by atoms with van der Waals surface area (Å²) in [6.45, 7) is 31.5. The van der Waals surface area contributed by atoms with E-state index in [1.165, 1.54) is 31.7 Å². The largest absolute Gasteiger partial charge is 0.480 e. The summed E-state index contributed by atoms with van der Waals surface area (Å²) in [6, 6.07) is -7.57. The summed E-state index contributed by atoms with van der Waals surface area (Å²) in [5.74, 6) is -15.2. The fraction of sp³-hybridized carbons (Fsp3) is 0.707. The smallest absolute Gasteiger partial charge is 0.326 e. The molecule has 16 atom stereocenters. The number of aliphatic carboxylic acids is 1. The molecule has 1 aromatic rings. The maximum Gasteiger partial charge on any atom is 0.326 e. The highest BCUT2D eigenvalue weighted by atomic mass is 16.4. The molecule has 1 aromatic carbocycles. The number of nitrogens with zero attached hydrogens (tertiary/aromatic N) is 1. The summed E-state index contributed by atoms with van der Waals surface area (Å²) in [6.07, 6.45) is 1.01. The van der Waals surface area contributed by atoms with Crippen molar-refractivity contribution in [2.75, 3.05) is 13.1 Å². The number of hydrogen-bond acceptors (Lipinski definition) is 17. The predicted octanol–water partition coefficient (Wildman–Crippen LogP) is 1.36. The Morgan fingerprint density at radius 2 is 0.896 bits per heavy atom. The van der Waals surface area contributed by atoms with E-state index in [0.717, 1.165) is 6.42 Å². The Morgan fingerprint density at radius 3 is 1.32 bits per heavy atom. The van der Waals surface area contributed by atoms with Crippen LogP contribution < -0.4 is 69.5 Å². The molecule has 1 fully saturated rings. The van der Waals surface area contributed by atoms with Crippen molar-refractivity contribution in [2.45, 2.75) is 280 Å². The number of nitrogens with two attached hydrogens (primary N) is 1. The second-order valence-corrected chi connectivity index (χ2v) is 30.1. The Bertz CT molecular complexity index is 3140. The number of carbonyl (C=O) groups is 14. The molecule has 1 heterocycles. The number of carbonyl (C=O) groups excluding carboxylic acids is 13. The minimum Gasteiger partial charge on any atom is -0.480 e. The van der Waals surface area contributed by atoms with Gasteiger partial charge in [-0.25, -0.2) is 4.79 Å². The Labute approximate surface area is 625 Å². The van der Waals surface area contributed by atoms with Gasteiger partial charge in [0, 0.05) is 19.4 Å². The maximum absolute atomic E-state index is 14.7. The van der Waals surface area contributed by atoms with E-state index in [4.69, 9.17) is 5.73 Å². The molecule has 106 heavy (non-hydrogen) atoms. The molecular weight excluding hydrogens is 1370 g/mol. The zero-order chi connectivity index (χ0) is 80.7. The maximum atomic E-state index is 14.7. The standard InChI is InChI=1S/C75H126N14O17/c1-20-44(16)59(71(101)88-62(47(19)91)73(103)86-60(45(17)21-2)70(100)81-55(40(8)9)67(97)79-51(37-48-30-24-23-25-31-48)65(95)77-49(22-3)63(93)84-58(43(14)15)75(105)106)85-64(94)50(32-27-35-76)78-66(96)52-33-28-36-89(52)74(104)57(42(12)13)83-69(99)56(41(10)11)82-72(102)61(46(18)90)87-68(98)54(39(6)7)80-53(92)34-26-29-38(4)5/h22-25,30-31,38-47,50-52,54-62,90-91H,20-21,26-29,32-37,76H2,1-19H3,(H,77,95)(H,78,96)(H,79,97)(H,80,92)(H,81,100)(H,82,102)(H,83,99)(H,84,93)(H,85,94)(H,86,103)(H,87,98)(H,88,101)(H,105,106)/b49-22-/t44?,45?,46?,47?,50-,51-,52+,54?,55?,56?,57?,58?,59+,60+,61?,62?/m0/s1. The summed E-state index contributed by atoms with van der Waals surface area (Å²) in [7, 11) is 0. The molecule has 0 bridgehead atoms. The summed E-state index contributed by atoms with van der Waals surface area (Å²) < 4.78 is 0. The Morgan fingerprint density at radius 1 is 0.481 bits per heavy atom. The van der Waals surface area contributed by atoms with E-state index in [1.54, 1.807) is 127 Å². The number of aliphatic hydroxyl groups is 2. The predicted molar refractivity (Wildman–Crippen MR) is 399 cm³/mol. The van der Waals surface area contributed by atoms with E-state index in [1.807, 2.05) is 13.8 Å². The first-order chi connectivity index (χ1) is 49.6. The monoisotopic (exact) mass is 1490 g/mol. The average Bonchev–Trinajstić information content (AvgIpc) is 1.54. The number of likely N-dealkylation sites (tertiary alicyclic amines) is 1. The van der Waals surface area contributed by atoms with Gasteiger partial charge < -0.3 is 89.8 Å². The van der Waals surface area contributed by atoms with Gasteiger partial charge >= 0.3 is 5.97 Å². The number of rotatable bonds is 45. The number of benzene rings is 1. The first kappa shape index (κ1) is 93.5. The molecule has 31 nitrogen and oxygen atoms in total. The summed E-state index contributed by atoms with van der Waals surface area (Å²) >= 11 is 0. The molecule has 1 saturated heterocycles. The Kier molecular flexibility index (Phi) is 40.4. The number of hydrogen-bond donors (Lipinski definition) is 16. The minimum atomic E-state index is -1.74. The molecule has 0 aliphatic carbocycles. The van der Waals surface area contributed by atoms with Gasteiger partial charge in [-0.3, -0.25) is 62.3 Å². The van der Waals surface area contributed by atoms with Crippen LogP contribution in [0.1, 0.15) is 195 Å². The molecule has 0 aromatic heterocycles. The van der Waals surface area contributed by atoms with Crippen molar-refractivity contribution in [1.29, 1.82) is 0 Å². The second kappa shape index (κ2) is 45.8. The molecule has 13 amide bonds. The molecule has 598 valence electrons. The molecule has 0 radical (unpaired) electrons. The fourth-order valence-corrected chi connectivity index (χ4v) is 11.8. The van der Waals surface area contributed by atoms with Crippen LogP contribution >= 0.6 is 0 Å². The third-order valence-corrected chi connectivity index (χ3v) is 19.0. The van der Waals surface area contributed by atoms with Gasteiger partial charge in [0.15, 0.2) is 0 Å². The topological polar surface area (TPSA) is 473 Å². The van der Waals surface area contributed by atoms with E-state index in [9.17, 15) is 82.4 Å². The Balaban J connectivity index is 2.39. The van der Waals surface area contributed by atoms with Crippen molar-refractivity contribution in [3.05, 3.63) is 47.7 Å². The number of carboxylic acids is 1. The highest BCUT2D eigenvalue weighted by Crippen LogP contribution is 2.23. The Hall–Kier alpha value is -8.58. The molecule has 17 N–H and O–H groups in total. The normalized spacial score (nSPS) is 17.5. The zero-order valence-corrected chi connectivity index (χ0v) is 65.7. The number of carboxylic acid groups (broad SMARTS) is 1. The van der Waals surface area contributed by atoms with E-state index in [-0.39, 0.29) is 56.8 Å². The van der Waals surface area contributed by atoms with Crippen LogP contribution in [0.4, 0.5) is 0 Å². The highest BCUT2D eigenvalue weighted by molar-refractivity contribution is 6.02. The van der Waals surface area contributed by atoms with Gasteiger partial charge in [0.25, 0.3) is 5.91 Å². The highest BCUT2D eigenvalue weighted by Gasteiger charge is 2.44. The van der Waals surface area contributed by atoms with Crippen molar-refractivity contribution in [2.24, 2.45) is 53.1 Å². The third kappa shape index (κ3) is 29.6. The van der Waals surface area contributed by atoms with Crippen molar-refractivity contribution in [1.82, 2.24) is 68.7 Å². The number of allylic oxidation sites excluding steroid dienone is 1. The molecule has 1 aliphatic heterocycles. The molecule has 1 aliphatic rings. The van der Waals surface area contributed by atoms with Crippen molar-refractivity contribution < 1.29 is 82.4 Å². The first-order valence-corrected chi connectivity index (χ1v) is 37.5. The van der Waals surface area contributed by atoms with Gasteiger partial charge in [0.1, 0.15) is 78.2 Å². The van der Waals surface area contributed by atoms with Gasteiger partial charge in [-0.2, -0.15) is 0 Å². The van der Waals surface area contributed by atoms with Crippen LogP contribution in [0, 0.1) is 47.3 Å². The lowest BCUT2D eigenvalue weighted by molar-refractivity contribution is -0.144. The van der Waals surface area contributed by atoms with Gasteiger partial charge in [-0.05, 0) is 112 Å². The quantitative estimate of drug-likeness (QED) is 0.0410. The van der Waals surface area contributed by atoms with E-state index in [2.05, 4.69) is 63.8 Å². The van der Waals surface area contributed by atoms with Crippen LogP contribution in [0.3, 0.4) is 0 Å². The second-order valence-electron chi connectivity index (χ2n) is 30.1. The zero-order valence-electron chi connectivity index (χ0n) is 65.7. The van der Waals surface area contributed by atoms with Crippen LogP contribution in [-0.2, 0) is 73.5 Å². The third-order valence-electron chi connectivity index (χ3n) is 19.0. The molecule has 31 heteroatoms. The molecule has 0 spiro atoms. The van der Waals surface area contributed by atoms with Crippen LogP contribution in [0.2, 0.25) is 0 Å². The van der Waals surface area contributed by atoms with E-state index >= 15 is 0 Å². The summed E-state index contributed by atoms with van der Waals surface area (Å²) in [4.78, 5) is 197. The molecular formula is C75H126N14O17. The van der Waals surface area contributed by atoms with Gasteiger partial charge in [0.2, 0.25) is 70.9 Å². The van der Waals surface area contributed by atoms with Crippen LogP contribution in [0.25, 0.3) is 0 Å². The first-order valence-electron chi connectivity index (χ1n) is 37.5. The minimum absolute atomic E-state index is 0.0294. The van der Waals surface area contributed by atoms with Crippen LogP contribution in [0.5, 0.6) is 0 Å². The van der Waals surface area contributed by atoms with E-state index in [0.29, 0.717) is 37.2 Å². The average molecular weight is 1500 g/mol. The van der Waals surface area contributed by atoms with Crippen molar-refractivity contribution >= 4 is 82.8 Å². The number of amides is 13. The lowest BCUT2D eigenvalue weighted by atomic mass is 9.95. The fourth-order valence-electron chi connectivity index (χ4n) is 11.8. The molecule has 0 saturated carbocycles. The van der Waals surface area contributed by atoms with Gasteiger partial charge in [-0.1, -0.05) is 166 Å². The van der Waals surface area contributed by atoms with Crippen molar-refractivity contribution in [3.63, 3.8) is 0 Å².